The van der Waals surface area contributed by atoms with E-state index in [1.54, 1.807) is 0 Å². The summed E-state index contributed by atoms with van der Waals surface area (Å²) in [6.45, 7) is 6.41. The normalized spacial score (nSPS) is 15.1. The molecule has 0 N–H and O–H groups in total. The van der Waals surface area contributed by atoms with Crippen LogP contribution in [0.4, 0.5) is 0 Å². The second-order valence-corrected chi connectivity index (χ2v) is 7.48. The van der Waals surface area contributed by atoms with Gasteiger partial charge < -0.3 is 9.26 Å². The van der Waals surface area contributed by atoms with Crippen molar-refractivity contribution in [3.05, 3.63) is 35.7 Å². The van der Waals surface area contributed by atoms with E-state index >= 15 is 0 Å². The minimum atomic E-state index is -0.0740. The van der Waals surface area contributed by atoms with Gasteiger partial charge in [-0.2, -0.15) is 4.98 Å². The minimum Gasteiger partial charge on any atom is -0.381 e. The Morgan fingerprint density at radius 2 is 1.96 bits per heavy atom. The van der Waals surface area contributed by atoms with Crippen LogP contribution in [0.2, 0.25) is 0 Å². The lowest BCUT2D eigenvalue weighted by atomic mass is 10.0. The third kappa shape index (κ3) is 5.39. The first-order valence-corrected chi connectivity index (χ1v) is 9.92. The van der Waals surface area contributed by atoms with Gasteiger partial charge in [-0.15, -0.1) is 0 Å². The van der Waals surface area contributed by atoms with Crippen molar-refractivity contribution in [1.82, 2.24) is 15.2 Å². The molecule has 7 heteroatoms. The molecule has 0 saturated carbocycles. The highest BCUT2D eigenvalue weighted by molar-refractivity contribution is 5.75. The lowest BCUT2D eigenvalue weighted by Gasteiger charge is -2.27. The summed E-state index contributed by atoms with van der Waals surface area (Å²) in [5, 5.41) is 5.48. The number of hydrogen-bond acceptors (Lipinski definition) is 6. The molecule has 0 spiro atoms. The molecule has 0 bridgehead atoms. The summed E-state index contributed by atoms with van der Waals surface area (Å²) >= 11 is 0. The number of carbonyl (C=O) groups is 1. The van der Waals surface area contributed by atoms with E-state index in [1.807, 2.05) is 12.1 Å². The maximum absolute atomic E-state index is 12.5. The van der Waals surface area contributed by atoms with Crippen molar-refractivity contribution < 1.29 is 18.9 Å². The summed E-state index contributed by atoms with van der Waals surface area (Å²) < 4.78 is 10.7. The molecular formula is C21H29N3O4. The van der Waals surface area contributed by atoms with Gasteiger partial charge in [0.1, 0.15) is 0 Å². The molecule has 1 aliphatic heterocycles. The standard InChI is InChI=1S/C21H29N3O4/c1-15(2)17-4-6-18(7-5-17)21-22-19(28-23-21)8-9-20(25)24(26-3)14-16-10-12-27-13-11-16/h4-7,15-16H,8-14H2,1-3H3. The molecule has 1 aromatic heterocycles. The monoisotopic (exact) mass is 387 g/mol. The minimum absolute atomic E-state index is 0.0740. The number of amides is 1. The van der Waals surface area contributed by atoms with Gasteiger partial charge in [-0.05, 0) is 30.2 Å². The molecule has 1 aromatic carbocycles. The van der Waals surface area contributed by atoms with Crippen LogP contribution in [0.5, 0.6) is 0 Å². The molecular weight excluding hydrogens is 358 g/mol. The van der Waals surface area contributed by atoms with Crippen molar-refractivity contribution in [2.24, 2.45) is 5.92 Å². The highest BCUT2D eigenvalue weighted by Gasteiger charge is 2.22. The van der Waals surface area contributed by atoms with Crippen LogP contribution in [-0.4, -0.2) is 48.0 Å². The van der Waals surface area contributed by atoms with Crippen molar-refractivity contribution >= 4 is 5.91 Å². The van der Waals surface area contributed by atoms with E-state index in [4.69, 9.17) is 14.1 Å². The smallest absolute Gasteiger partial charge is 0.246 e. The van der Waals surface area contributed by atoms with Gasteiger partial charge in [0.25, 0.3) is 0 Å². The predicted octanol–water partition coefficient (Wildman–Crippen LogP) is 3.61. The quantitative estimate of drug-likeness (QED) is 0.644. The molecule has 152 valence electrons. The maximum Gasteiger partial charge on any atom is 0.246 e. The number of hydroxylamine groups is 2. The van der Waals surface area contributed by atoms with Crippen LogP contribution in [-0.2, 0) is 20.8 Å². The number of carbonyl (C=O) groups excluding carboxylic acids is 1. The van der Waals surface area contributed by atoms with Crippen molar-refractivity contribution in [2.75, 3.05) is 26.9 Å². The fourth-order valence-corrected chi connectivity index (χ4v) is 3.27. The summed E-state index contributed by atoms with van der Waals surface area (Å²) in [6, 6.07) is 8.14. The van der Waals surface area contributed by atoms with Crippen LogP contribution in [0.25, 0.3) is 11.4 Å². The van der Waals surface area contributed by atoms with Gasteiger partial charge in [0.2, 0.25) is 17.6 Å². The molecule has 2 heterocycles. The Kier molecular flexibility index (Phi) is 7.17. The molecule has 1 aliphatic rings. The zero-order chi connectivity index (χ0) is 19.9. The Labute approximate surface area is 166 Å². The van der Waals surface area contributed by atoms with E-state index in [0.29, 0.717) is 36.5 Å². The Morgan fingerprint density at radius 1 is 1.25 bits per heavy atom. The zero-order valence-electron chi connectivity index (χ0n) is 16.9. The number of rotatable bonds is 8. The average molecular weight is 387 g/mol. The Morgan fingerprint density at radius 3 is 2.61 bits per heavy atom. The predicted molar refractivity (Wildman–Crippen MR) is 104 cm³/mol. The number of ether oxygens (including phenoxy) is 1. The van der Waals surface area contributed by atoms with Gasteiger partial charge in [0.05, 0.1) is 13.7 Å². The SMILES string of the molecule is CON(CC1CCOCC1)C(=O)CCc1nc(-c2ccc(C(C)C)cc2)no1. The van der Waals surface area contributed by atoms with Crippen LogP contribution in [0.1, 0.15) is 50.5 Å². The van der Waals surface area contributed by atoms with Crippen molar-refractivity contribution in [3.63, 3.8) is 0 Å². The molecule has 0 radical (unpaired) electrons. The van der Waals surface area contributed by atoms with Gasteiger partial charge in [0, 0.05) is 31.6 Å². The number of benzene rings is 1. The molecule has 1 saturated heterocycles. The fourth-order valence-electron chi connectivity index (χ4n) is 3.27. The number of aromatic nitrogens is 2. The molecule has 0 atom stereocenters. The first kappa shape index (κ1) is 20.5. The molecule has 3 rings (SSSR count). The number of hydrogen-bond donors (Lipinski definition) is 0. The van der Waals surface area contributed by atoms with Gasteiger partial charge in [-0.3, -0.25) is 9.63 Å². The topological polar surface area (TPSA) is 77.7 Å². The number of nitrogens with zero attached hydrogens (tertiary/aromatic N) is 3. The van der Waals surface area contributed by atoms with E-state index in [0.717, 1.165) is 31.6 Å². The lowest BCUT2D eigenvalue weighted by Crippen LogP contribution is -2.36. The van der Waals surface area contributed by atoms with Crippen LogP contribution in [0, 0.1) is 5.92 Å². The van der Waals surface area contributed by atoms with Crippen LogP contribution in [0.3, 0.4) is 0 Å². The molecule has 2 aromatic rings. The second kappa shape index (κ2) is 9.80. The highest BCUT2D eigenvalue weighted by Crippen LogP contribution is 2.21. The number of aryl methyl sites for hydroxylation is 1. The molecule has 7 nitrogen and oxygen atoms in total. The first-order chi connectivity index (χ1) is 13.6. The van der Waals surface area contributed by atoms with Gasteiger partial charge in [0.15, 0.2) is 0 Å². The van der Waals surface area contributed by atoms with Crippen LogP contribution in [0.15, 0.2) is 28.8 Å². The summed E-state index contributed by atoms with van der Waals surface area (Å²) in [6.07, 6.45) is 2.57. The third-order valence-electron chi connectivity index (χ3n) is 5.12. The van der Waals surface area contributed by atoms with Crippen LogP contribution < -0.4 is 0 Å². The Balaban J connectivity index is 1.53. The molecule has 1 amide bonds. The summed E-state index contributed by atoms with van der Waals surface area (Å²) in [4.78, 5) is 22.2. The average Bonchev–Trinajstić information content (AvgIpc) is 3.20. The largest absolute Gasteiger partial charge is 0.381 e. The zero-order valence-corrected chi connectivity index (χ0v) is 16.9. The lowest BCUT2D eigenvalue weighted by molar-refractivity contribution is -0.181. The molecule has 0 unspecified atom stereocenters. The third-order valence-corrected chi connectivity index (χ3v) is 5.12. The van der Waals surface area contributed by atoms with E-state index < -0.39 is 0 Å². The highest BCUT2D eigenvalue weighted by atomic mass is 16.7. The van der Waals surface area contributed by atoms with E-state index in [1.165, 1.54) is 17.7 Å². The van der Waals surface area contributed by atoms with Gasteiger partial charge >= 0.3 is 0 Å². The second-order valence-electron chi connectivity index (χ2n) is 7.48. The van der Waals surface area contributed by atoms with Crippen molar-refractivity contribution in [3.8, 4) is 11.4 Å². The van der Waals surface area contributed by atoms with Crippen molar-refractivity contribution in [2.45, 2.75) is 45.4 Å². The van der Waals surface area contributed by atoms with E-state index in [9.17, 15) is 4.79 Å². The molecule has 0 aliphatic carbocycles. The van der Waals surface area contributed by atoms with Gasteiger partial charge in [-0.25, -0.2) is 5.06 Å². The summed E-state index contributed by atoms with van der Waals surface area (Å²) in [5.74, 6) is 1.82. The first-order valence-electron chi connectivity index (χ1n) is 9.92. The fraction of sp³-hybridized carbons (Fsp3) is 0.571. The van der Waals surface area contributed by atoms with Gasteiger partial charge in [-0.1, -0.05) is 43.3 Å². The van der Waals surface area contributed by atoms with Crippen molar-refractivity contribution in [1.29, 1.82) is 0 Å². The van der Waals surface area contributed by atoms with E-state index in [-0.39, 0.29) is 12.3 Å². The molecule has 28 heavy (non-hydrogen) atoms. The Hall–Kier alpha value is -2.25. The Bertz CT molecular complexity index is 751. The summed E-state index contributed by atoms with van der Waals surface area (Å²) in [7, 11) is 1.53. The summed E-state index contributed by atoms with van der Waals surface area (Å²) in [5.41, 5.74) is 2.17. The molecule has 1 fully saturated rings. The van der Waals surface area contributed by atoms with E-state index in [2.05, 4.69) is 36.1 Å². The van der Waals surface area contributed by atoms with Crippen LogP contribution >= 0.6 is 0 Å². The maximum atomic E-state index is 12.5.